The molecule has 5 nitrogen and oxygen atoms in total. The molecule has 0 heterocycles. The van der Waals surface area contributed by atoms with Gasteiger partial charge >= 0.3 is 18.6 Å². The summed E-state index contributed by atoms with van der Waals surface area (Å²) in [5.74, 6) is -3.35. The van der Waals surface area contributed by atoms with Gasteiger partial charge in [-0.2, -0.15) is 17.6 Å². The van der Waals surface area contributed by atoms with Crippen molar-refractivity contribution in [2.24, 2.45) is 5.92 Å². The topological polar surface area (TPSA) is 70.6 Å². The smallest absolute Gasteiger partial charge is 0.428 e. The maximum absolute atomic E-state index is 14.8. The highest BCUT2D eigenvalue weighted by Gasteiger charge is 2.45. The highest BCUT2D eigenvalue weighted by Crippen LogP contribution is 2.38. The van der Waals surface area contributed by atoms with Crippen LogP contribution in [0.5, 0.6) is 5.75 Å². The third-order valence-corrected chi connectivity index (χ3v) is 6.75. The number of rotatable bonds is 10. The number of amides is 2. The molecule has 1 aliphatic carbocycles. The Labute approximate surface area is 225 Å². The first-order valence-electron chi connectivity index (χ1n) is 12.2. The number of hydrogen-bond acceptors (Lipinski definition) is 3. The zero-order chi connectivity index (χ0) is 29.1. The van der Waals surface area contributed by atoms with Crippen LogP contribution in [0.3, 0.4) is 0 Å². The van der Waals surface area contributed by atoms with Gasteiger partial charge in [0, 0.05) is 24.4 Å². The second-order valence-electron chi connectivity index (χ2n) is 9.61. The molecule has 3 aromatic carbocycles. The third kappa shape index (κ3) is 6.67. The van der Waals surface area contributed by atoms with Crippen LogP contribution in [0.1, 0.15) is 29.5 Å². The molecular weight excluding hydrogens is 545 g/mol. The zero-order valence-electron chi connectivity index (χ0n) is 20.8. The first-order chi connectivity index (χ1) is 18.9. The van der Waals surface area contributed by atoms with Gasteiger partial charge in [-0.3, -0.25) is 0 Å². The van der Waals surface area contributed by atoms with E-state index >= 15 is 0 Å². The molecular formula is C28H25F7N2O3. The van der Waals surface area contributed by atoms with Crippen molar-refractivity contribution in [2.75, 3.05) is 0 Å². The van der Waals surface area contributed by atoms with Gasteiger partial charge in [0.2, 0.25) is 0 Å². The van der Waals surface area contributed by atoms with Crippen LogP contribution in [0, 0.1) is 17.6 Å². The van der Waals surface area contributed by atoms with E-state index in [1.807, 2.05) is 0 Å². The van der Waals surface area contributed by atoms with Crippen LogP contribution in [0.4, 0.5) is 35.5 Å². The van der Waals surface area contributed by atoms with E-state index in [4.69, 9.17) is 5.11 Å². The molecule has 4 rings (SSSR count). The number of nitrogens with one attached hydrogen (secondary N) is 2. The van der Waals surface area contributed by atoms with Crippen LogP contribution in [0.25, 0.3) is 0 Å². The fourth-order valence-electron chi connectivity index (χ4n) is 4.69. The summed E-state index contributed by atoms with van der Waals surface area (Å²) in [7, 11) is 0. The molecule has 0 aromatic heterocycles. The van der Waals surface area contributed by atoms with Crippen LogP contribution in [-0.4, -0.2) is 36.1 Å². The fourth-order valence-corrected chi connectivity index (χ4v) is 4.69. The van der Waals surface area contributed by atoms with Crippen LogP contribution in [-0.2, 0) is 12.0 Å². The third-order valence-electron chi connectivity index (χ3n) is 6.75. The van der Waals surface area contributed by atoms with Crippen LogP contribution >= 0.6 is 0 Å². The molecule has 0 radical (unpaired) electrons. The second-order valence-corrected chi connectivity index (χ2v) is 9.61. The number of alkyl halides is 5. The summed E-state index contributed by atoms with van der Waals surface area (Å²) in [6.45, 7) is 0. The number of ether oxygens (including phenoxy) is 1. The minimum atomic E-state index is -4.93. The first kappa shape index (κ1) is 29.2. The molecule has 2 amide bonds. The number of hydrogen-bond donors (Lipinski definition) is 3. The summed E-state index contributed by atoms with van der Waals surface area (Å²) in [6, 6.07) is 14.2. The molecule has 40 heavy (non-hydrogen) atoms. The lowest BCUT2D eigenvalue weighted by Gasteiger charge is -2.40. The van der Waals surface area contributed by atoms with Gasteiger partial charge in [-0.1, -0.05) is 42.5 Å². The average molecular weight is 571 g/mol. The van der Waals surface area contributed by atoms with E-state index < -0.39 is 59.8 Å². The van der Waals surface area contributed by atoms with Gasteiger partial charge in [-0.05, 0) is 53.8 Å². The van der Waals surface area contributed by atoms with Gasteiger partial charge < -0.3 is 20.5 Å². The Morgan fingerprint density at radius 3 is 2.17 bits per heavy atom. The van der Waals surface area contributed by atoms with E-state index in [-0.39, 0.29) is 30.4 Å². The number of halogens is 7. The Morgan fingerprint density at radius 1 is 0.925 bits per heavy atom. The highest BCUT2D eigenvalue weighted by molar-refractivity contribution is 5.76. The summed E-state index contributed by atoms with van der Waals surface area (Å²) in [5.41, 5.74) is -1.14. The van der Waals surface area contributed by atoms with Gasteiger partial charge in [0.15, 0.2) is 6.36 Å². The molecule has 214 valence electrons. The Morgan fingerprint density at radius 2 is 1.57 bits per heavy atom. The van der Waals surface area contributed by atoms with E-state index in [1.54, 1.807) is 30.3 Å². The summed E-state index contributed by atoms with van der Waals surface area (Å²) in [4.78, 5) is 13.2. The van der Waals surface area contributed by atoms with Crippen molar-refractivity contribution in [3.05, 3.63) is 101 Å². The molecule has 12 heteroatoms. The first-order valence-corrected chi connectivity index (χ1v) is 12.2. The van der Waals surface area contributed by atoms with E-state index in [1.165, 1.54) is 12.1 Å². The fraction of sp³-hybridized carbons (Fsp3) is 0.321. The normalized spacial score (nSPS) is 19.3. The number of carbonyl (C=O) groups is 1. The summed E-state index contributed by atoms with van der Waals surface area (Å²) >= 11 is 0. The number of benzene rings is 3. The molecule has 1 saturated carbocycles. The minimum absolute atomic E-state index is 0.114. The Kier molecular flexibility index (Phi) is 8.57. The Balaban J connectivity index is 1.80. The Bertz CT molecular complexity index is 1300. The van der Waals surface area contributed by atoms with Gasteiger partial charge in [-0.15, -0.1) is 0 Å². The second kappa shape index (κ2) is 11.7. The van der Waals surface area contributed by atoms with Crippen molar-refractivity contribution in [1.82, 2.24) is 10.6 Å². The molecule has 1 fully saturated rings. The molecule has 3 N–H and O–H groups in total. The zero-order valence-corrected chi connectivity index (χ0v) is 20.8. The molecule has 3 aromatic rings. The molecule has 1 unspecified atom stereocenters. The number of urea groups is 1. The lowest BCUT2D eigenvalue weighted by molar-refractivity contribution is -0.253. The number of aliphatic hydroxyl groups is 1. The molecule has 0 bridgehead atoms. The minimum Gasteiger partial charge on any atom is -0.428 e. The highest BCUT2D eigenvalue weighted by atomic mass is 19.3. The maximum Gasteiger partial charge on any atom is 0.461 e. The average Bonchev–Trinajstić information content (AvgIpc) is 2.85. The van der Waals surface area contributed by atoms with E-state index in [2.05, 4.69) is 15.4 Å². The van der Waals surface area contributed by atoms with Crippen molar-refractivity contribution in [3.63, 3.8) is 0 Å². The molecule has 0 spiro atoms. The largest absolute Gasteiger partial charge is 0.461 e. The van der Waals surface area contributed by atoms with Crippen molar-refractivity contribution in [1.29, 1.82) is 0 Å². The quantitative estimate of drug-likeness (QED) is 0.260. The molecule has 0 saturated heterocycles. The Hall–Kier alpha value is -3.80. The van der Waals surface area contributed by atoms with E-state index in [0.29, 0.717) is 11.6 Å². The molecule has 0 aliphatic heterocycles. The number of aliphatic hydroxyl groups excluding tert-OH is 1. The van der Waals surface area contributed by atoms with Crippen LogP contribution in [0.2, 0.25) is 0 Å². The summed E-state index contributed by atoms with van der Waals surface area (Å²) in [5, 5.41) is 14.4. The summed E-state index contributed by atoms with van der Waals surface area (Å²) < 4.78 is 99.1. The predicted octanol–water partition coefficient (Wildman–Crippen LogP) is 6.05. The maximum atomic E-state index is 14.8. The lowest BCUT2D eigenvalue weighted by Crippen LogP contribution is -2.56. The predicted molar refractivity (Wildman–Crippen MR) is 131 cm³/mol. The van der Waals surface area contributed by atoms with Crippen LogP contribution in [0.15, 0.2) is 72.8 Å². The van der Waals surface area contributed by atoms with Crippen molar-refractivity contribution < 1.29 is 45.4 Å². The number of carbonyl (C=O) groups excluding carboxylic acids is 1. The van der Waals surface area contributed by atoms with Crippen molar-refractivity contribution >= 4 is 6.03 Å². The van der Waals surface area contributed by atoms with Gasteiger partial charge in [0.05, 0.1) is 5.54 Å². The van der Waals surface area contributed by atoms with Crippen molar-refractivity contribution in [2.45, 2.75) is 49.7 Å². The van der Waals surface area contributed by atoms with Gasteiger partial charge in [0.25, 0.3) is 0 Å². The standard InChI is InChI=1S/C28H25F7N2O3/c29-20-8-6-18(7-9-20)27(15-16-4-2-1-3-5-16,37-26(39)36-22-10-17(11-22)24(31)38)19-12-21(30)14-23(13-19)40-28(34,35)25(32)33/h1-9,12-14,17,22,24-25,38H,10-11,15H2,(H2,36,37,39)/t17-,22+,24?,27-/m1/s1. The lowest BCUT2D eigenvalue weighted by atomic mass is 9.77. The van der Waals surface area contributed by atoms with Gasteiger partial charge in [-0.25, -0.2) is 18.0 Å². The molecule has 1 aliphatic rings. The van der Waals surface area contributed by atoms with Gasteiger partial charge in [0.1, 0.15) is 17.4 Å². The summed E-state index contributed by atoms with van der Waals surface area (Å²) in [6.07, 6.45) is -11.0. The van der Waals surface area contributed by atoms with Crippen LogP contribution < -0.4 is 15.4 Å². The van der Waals surface area contributed by atoms with E-state index in [9.17, 15) is 35.5 Å². The SMILES string of the molecule is O=C(N[C@](Cc1ccccc1)(c1ccc(F)cc1)c1cc(F)cc(OC(F)(F)C(F)F)c1)N[C@H]1C[C@@H](C(O)F)C1. The van der Waals surface area contributed by atoms with Crippen molar-refractivity contribution in [3.8, 4) is 5.75 Å². The molecule has 2 atom stereocenters. The van der Waals surface area contributed by atoms with E-state index in [0.717, 1.165) is 24.3 Å². The monoisotopic (exact) mass is 570 g/mol.